The molecular formula is C16H25NO2. The molecule has 0 aromatic carbocycles. The molecule has 2 aliphatic rings. The molecule has 2 fully saturated rings. The van der Waals surface area contributed by atoms with Gasteiger partial charge in [0, 0.05) is 12.6 Å². The van der Waals surface area contributed by atoms with E-state index in [0.717, 1.165) is 31.1 Å². The Bertz CT molecular complexity index is 401. The molecule has 3 nitrogen and oxygen atoms in total. The van der Waals surface area contributed by atoms with Crippen molar-refractivity contribution in [2.24, 2.45) is 0 Å². The van der Waals surface area contributed by atoms with Crippen molar-refractivity contribution in [3.63, 3.8) is 0 Å². The molecule has 0 amide bonds. The summed E-state index contributed by atoms with van der Waals surface area (Å²) in [6.07, 6.45) is 8.87. The van der Waals surface area contributed by atoms with Crippen LogP contribution in [0, 0.1) is 6.92 Å². The Balaban J connectivity index is 1.53. The van der Waals surface area contributed by atoms with Crippen molar-refractivity contribution in [3.05, 3.63) is 23.7 Å². The third kappa shape index (κ3) is 3.21. The van der Waals surface area contributed by atoms with E-state index in [4.69, 9.17) is 9.15 Å². The van der Waals surface area contributed by atoms with Crippen molar-refractivity contribution in [2.45, 2.75) is 70.1 Å². The molecule has 1 saturated carbocycles. The zero-order chi connectivity index (χ0) is 13.1. The molecule has 1 unspecified atom stereocenters. The highest BCUT2D eigenvalue weighted by atomic mass is 16.5. The van der Waals surface area contributed by atoms with Gasteiger partial charge in [0.15, 0.2) is 0 Å². The lowest BCUT2D eigenvalue weighted by Gasteiger charge is -2.43. The van der Waals surface area contributed by atoms with Gasteiger partial charge in [0.1, 0.15) is 11.5 Å². The second kappa shape index (κ2) is 5.68. The van der Waals surface area contributed by atoms with Gasteiger partial charge in [-0.1, -0.05) is 19.3 Å². The normalized spacial score (nSPS) is 26.7. The molecule has 2 heterocycles. The molecule has 1 spiro atoms. The van der Waals surface area contributed by atoms with E-state index in [0.29, 0.717) is 6.04 Å². The second-order valence-electron chi connectivity index (χ2n) is 6.18. The molecule has 1 aliphatic heterocycles. The molecule has 0 bridgehead atoms. The number of nitrogens with one attached hydrogen (secondary N) is 1. The summed E-state index contributed by atoms with van der Waals surface area (Å²) in [6, 6.07) is 4.68. The Morgan fingerprint density at radius 2 is 2.11 bits per heavy atom. The number of hydrogen-bond acceptors (Lipinski definition) is 3. The van der Waals surface area contributed by atoms with E-state index in [1.807, 2.05) is 13.0 Å². The van der Waals surface area contributed by atoms with Crippen LogP contribution in [-0.2, 0) is 11.3 Å². The number of hydrogen-bond donors (Lipinski definition) is 1. The van der Waals surface area contributed by atoms with Crippen molar-refractivity contribution >= 4 is 0 Å². The van der Waals surface area contributed by atoms with E-state index < -0.39 is 0 Å². The van der Waals surface area contributed by atoms with Crippen LogP contribution in [0.2, 0.25) is 0 Å². The molecule has 106 valence electrons. The lowest BCUT2D eigenvalue weighted by molar-refractivity contribution is -0.109. The predicted octanol–water partition coefficient (Wildman–Crippen LogP) is 3.56. The van der Waals surface area contributed by atoms with Crippen molar-refractivity contribution in [2.75, 3.05) is 6.61 Å². The summed E-state index contributed by atoms with van der Waals surface area (Å²) in [7, 11) is 0. The van der Waals surface area contributed by atoms with Crippen LogP contribution in [0.4, 0.5) is 0 Å². The summed E-state index contributed by atoms with van der Waals surface area (Å²) in [4.78, 5) is 0. The first kappa shape index (κ1) is 13.2. The summed E-state index contributed by atoms with van der Waals surface area (Å²) >= 11 is 0. The highest BCUT2D eigenvalue weighted by Gasteiger charge is 2.38. The molecule has 0 radical (unpaired) electrons. The largest absolute Gasteiger partial charge is 0.465 e. The molecule has 1 aromatic heterocycles. The standard InChI is InChI=1S/C16H25NO2/c1-13-5-6-15(19-13)12-17-14-7-10-18-16(11-14)8-3-2-4-9-16/h5-6,14,17H,2-4,7-12H2,1H3. The Labute approximate surface area is 115 Å². The molecule has 1 atom stereocenters. The van der Waals surface area contributed by atoms with E-state index in [2.05, 4.69) is 11.4 Å². The molecule has 3 heteroatoms. The van der Waals surface area contributed by atoms with Gasteiger partial charge in [0.2, 0.25) is 0 Å². The minimum atomic E-state index is 0.188. The summed E-state index contributed by atoms with van der Waals surface area (Å²) in [5, 5.41) is 3.65. The van der Waals surface area contributed by atoms with Gasteiger partial charge in [-0.2, -0.15) is 0 Å². The minimum Gasteiger partial charge on any atom is -0.465 e. The molecular weight excluding hydrogens is 238 g/mol. The van der Waals surface area contributed by atoms with Gasteiger partial charge in [0.05, 0.1) is 12.1 Å². The van der Waals surface area contributed by atoms with E-state index >= 15 is 0 Å². The summed E-state index contributed by atoms with van der Waals surface area (Å²) < 4.78 is 11.7. The van der Waals surface area contributed by atoms with Gasteiger partial charge in [0.25, 0.3) is 0 Å². The van der Waals surface area contributed by atoms with Crippen molar-refractivity contribution in [3.8, 4) is 0 Å². The molecule has 19 heavy (non-hydrogen) atoms. The first-order valence-corrected chi connectivity index (χ1v) is 7.68. The lowest BCUT2D eigenvalue weighted by Crippen LogP contribution is -2.47. The van der Waals surface area contributed by atoms with Crippen LogP contribution in [0.3, 0.4) is 0 Å². The average Bonchev–Trinajstić information content (AvgIpc) is 2.83. The lowest BCUT2D eigenvalue weighted by atomic mass is 9.78. The van der Waals surface area contributed by atoms with Gasteiger partial charge >= 0.3 is 0 Å². The number of furan rings is 1. The Morgan fingerprint density at radius 1 is 1.26 bits per heavy atom. The molecule has 1 aliphatic carbocycles. The first-order chi connectivity index (χ1) is 9.26. The van der Waals surface area contributed by atoms with Gasteiger partial charge in [-0.15, -0.1) is 0 Å². The SMILES string of the molecule is Cc1ccc(CNC2CCOC3(CCCCC3)C2)o1. The van der Waals surface area contributed by atoms with Crippen molar-refractivity contribution in [1.82, 2.24) is 5.32 Å². The third-order valence-corrected chi connectivity index (χ3v) is 4.62. The maximum atomic E-state index is 6.13. The third-order valence-electron chi connectivity index (χ3n) is 4.62. The molecule has 1 saturated heterocycles. The molecule has 3 rings (SSSR count). The van der Waals surface area contributed by atoms with E-state index in [1.165, 1.54) is 38.5 Å². The topological polar surface area (TPSA) is 34.4 Å². The van der Waals surface area contributed by atoms with Crippen LogP contribution in [0.15, 0.2) is 16.5 Å². The van der Waals surface area contributed by atoms with E-state index in [9.17, 15) is 0 Å². The van der Waals surface area contributed by atoms with E-state index in [-0.39, 0.29) is 5.60 Å². The quantitative estimate of drug-likeness (QED) is 0.905. The predicted molar refractivity (Wildman–Crippen MR) is 75.1 cm³/mol. The smallest absolute Gasteiger partial charge is 0.117 e. The van der Waals surface area contributed by atoms with Crippen LogP contribution in [0.5, 0.6) is 0 Å². The summed E-state index contributed by atoms with van der Waals surface area (Å²) in [6.45, 7) is 3.75. The summed E-state index contributed by atoms with van der Waals surface area (Å²) in [5.41, 5.74) is 0.188. The Kier molecular flexibility index (Phi) is 3.94. The number of aryl methyl sites for hydroxylation is 1. The van der Waals surface area contributed by atoms with Gasteiger partial charge < -0.3 is 14.5 Å². The fraction of sp³-hybridized carbons (Fsp3) is 0.750. The zero-order valence-electron chi connectivity index (χ0n) is 11.9. The van der Waals surface area contributed by atoms with Crippen LogP contribution in [0.25, 0.3) is 0 Å². The van der Waals surface area contributed by atoms with Crippen LogP contribution in [0.1, 0.15) is 56.5 Å². The zero-order valence-corrected chi connectivity index (χ0v) is 11.9. The Hall–Kier alpha value is -0.800. The number of rotatable bonds is 3. The van der Waals surface area contributed by atoms with Crippen LogP contribution < -0.4 is 5.32 Å². The maximum absolute atomic E-state index is 6.13. The van der Waals surface area contributed by atoms with Gasteiger partial charge in [-0.3, -0.25) is 0 Å². The van der Waals surface area contributed by atoms with Crippen LogP contribution >= 0.6 is 0 Å². The van der Waals surface area contributed by atoms with Crippen molar-refractivity contribution < 1.29 is 9.15 Å². The molecule has 1 N–H and O–H groups in total. The van der Waals surface area contributed by atoms with Gasteiger partial charge in [-0.25, -0.2) is 0 Å². The van der Waals surface area contributed by atoms with Crippen LogP contribution in [-0.4, -0.2) is 18.2 Å². The van der Waals surface area contributed by atoms with E-state index in [1.54, 1.807) is 0 Å². The fourth-order valence-corrected chi connectivity index (χ4v) is 3.57. The Morgan fingerprint density at radius 3 is 2.84 bits per heavy atom. The number of ether oxygens (including phenoxy) is 1. The maximum Gasteiger partial charge on any atom is 0.117 e. The average molecular weight is 263 g/mol. The summed E-state index contributed by atoms with van der Waals surface area (Å²) in [5.74, 6) is 2.04. The minimum absolute atomic E-state index is 0.188. The first-order valence-electron chi connectivity index (χ1n) is 7.68. The fourth-order valence-electron chi connectivity index (χ4n) is 3.57. The second-order valence-corrected chi connectivity index (χ2v) is 6.18. The van der Waals surface area contributed by atoms with Gasteiger partial charge in [-0.05, 0) is 44.7 Å². The highest BCUT2D eigenvalue weighted by molar-refractivity contribution is 5.05. The highest BCUT2D eigenvalue weighted by Crippen LogP contribution is 2.38. The van der Waals surface area contributed by atoms with Crippen molar-refractivity contribution in [1.29, 1.82) is 0 Å². The monoisotopic (exact) mass is 263 g/mol. The molecule has 1 aromatic rings.